The van der Waals surface area contributed by atoms with E-state index in [1.165, 1.54) is 12.5 Å². The van der Waals surface area contributed by atoms with Gasteiger partial charge in [-0.25, -0.2) is 4.39 Å². The van der Waals surface area contributed by atoms with Crippen molar-refractivity contribution < 1.29 is 9.13 Å². The van der Waals surface area contributed by atoms with E-state index in [0.29, 0.717) is 5.56 Å². The van der Waals surface area contributed by atoms with Gasteiger partial charge < -0.3 is 10.1 Å². The average Bonchev–Trinajstić information content (AvgIpc) is 2.29. The van der Waals surface area contributed by atoms with Crippen LogP contribution in [0.4, 0.5) is 4.39 Å². The molecule has 2 rings (SSSR count). The molecule has 112 valence electrons. The molecule has 0 aliphatic heterocycles. The Kier molecular flexibility index (Phi) is 4.38. The van der Waals surface area contributed by atoms with Crippen LogP contribution in [-0.2, 0) is 0 Å². The Labute approximate surface area is 121 Å². The van der Waals surface area contributed by atoms with Crippen molar-refractivity contribution in [3.05, 3.63) is 29.6 Å². The third-order valence-electron chi connectivity index (χ3n) is 3.96. The van der Waals surface area contributed by atoms with Crippen LogP contribution in [-0.4, -0.2) is 17.7 Å². The lowest BCUT2D eigenvalue weighted by atomic mass is 9.77. The number of benzene rings is 1. The van der Waals surface area contributed by atoms with Crippen LogP contribution < -0.4 is 10.1 Å². The predicted molar refractivity (Wildman–Crippen MR) is 80.7 cm³/mol. The summed E-state index contributed by atoms with van der Waals surface area (Å²) in [4.78, 5) is 0. The minimum absolute atomic E-state index is 0.0531. The van der Waals surface area contributed by atoms with Gasteiger partial charge in [-0.1, -0.05) is 0 Å². The highest BCUT2D eigenvalue weighted by Crippen LogP contribution is 2.39. The van der Waals surface area contributed by atoms with E-state index in [1.54, 1.807) is 19.1 Å². The summed E-state index contributed by atoms with van der Waals surface area (Å²) in [6, 6.07) is 5.02. The molecule has 0 amide bonds. The van der Waals surface area contributed by atoms with Crippen molar-refractivity contribution in [2.24, 2.45) is 0 Å². The molecule has 0 atom stereocenters. The van der Waals surface area contributed by atoms with Crippen LogP contribution in [0.5, 0.6) is 5.75 Å². The van der Waals surface area contributed by atoms with Crippen LogP contribution in [0.15, 0.2) is 18.2 Å². The third-order valence-corrected chi connectivity index (χ3v) is 3.96. The van der Waals surface area contributed by atoms with Crippen molar-refractivity contribution in [1.29, 1.82) is 0 Å². The Bertz CT molecular complexity index is 461. The normalized spacial score (nSPS) is 17.6. The van der Waals surface area contributed by atoms with E-state index in [0.717, 1.165) is 31.6 Å². The molecule has 0 bridgehead atoms. The third kappa shape index (κ3) is 3.95. The largest absolute Gasteiger partial charge is 0.487 e. The Balaban J connectivity index is 1.95. The highest BCUT2D eigenvalue weighted by Gasteiger charge is 2.39. The first-order valence-corrected chi connectivity index (χ1v) is 7.50. The maximum atomic E-state index is 13.3. The van der Waals surface area contributed by atoms with Gasteiger partial charge in [-0.05, 0) is 83.7 Å². The molecule has 1 saturated carbocycles. The lowest BCUT2D eigenvalue weighted by molar-refractivity contribution is -0.0153. The summed E-state index contributed by atoms with van der Waals surface area (Å²) in [7, 11) is 0. The van der Waals surface area contributed by atoms with Crippen LogP contribution in [0.3, 0.4) is 0 Å². The molecule has 0 heterocycles. The Hall–Kier alpha value is -1.09. The van der Waals surface area contributed by atoms with Gasteiger partial charge in [-0.3, -0.25) is 0 Å². The van der Waals surface area contributed by atoms with Gasteiger partial charge in [0.2, 0.25) is 0 Å². The number of rotatable bonds is 5. The second kappa shape index (κ2) is 5.72. The van der Waals surface area contributed by atoms with E-state index >= 15 is 0 Å². The molecule has 1 aliphatic carbocycles. The number of nitrogens with one attached hydrogen (secondary N) is 1. The molecule has 1 fully saturated rings. The van der Waals surface area contributed by atoms with Gasteiger partial charge in [0, 0.05) is 5.54 Å². The zero-order chi connectivity index (χ0) is 14.8. The van der Waals surface area contributed by atoms with Gasteiger partial charge in [0.25, 0.3) is 0 Å². The molecule has 0 spiro atoms. The first kappa shape index (κ1) is 15.3. The minimum atomic E-state index is -0.172. The standard InChI is InChI=1S/C17H26FNO/c1-13-12-14(6-7-15(13)18)20-17(8-5-9-17)10-11-19-16(2,3)4/h6-7,12,19H,5,8-11H2,1-4H3. The van der Waals surface area contributed by atoms with Crippen molar-refractivity contribution in [1.82, 2.24) is 5.32 Å². The van der Waals surface area contributed by atoms with E-state index < -0.39 is 0 Å². The lowest BCUT2D eigenvalue weighted by Crippen LogP contribution is -2.47. The molecule has 0 aromatic heterocycles. The number of halogens is 1. The fourth-order valence-corrected chi connectivity index (χ4v) is 2.57. The summed E-state index contributed by atoms with van der Waals surface area (Å²) >= 11 is 0. The maximum absolute atomic E-state index is 13.3. The molecule has 0 saturated heterocycles. The molecule has 3 heteroatoms. The van der Waals surface area contributed by atoms with Crippen molar-refractivity contribution in [3.63, 3.8) is 0 Å². The quantitative estimate of drug-likeness (QED) is 0.871. The summed E-state index contributed by atoms with van der Waals surface area (Å²) in [5.74, 6) is 0.619. The molecule has 2 nitrogen and oxygen atoms in total. The highest BCUT2D eigenvalue weighted by atomic mass is 19.1. The zero-order valence-corrected chi connectivity index (χ0v) is 13.1. The lowest BCUT2D eigenvalue weighted by Gasteiger charge is -2.42. The van der Waals surface area contributed by atoms with Crippen molar-refractivity contribution in [2.45, 2.75) is 64.5 Å². The summed E-state index contributed by atoms with van der Waals surface area (Å²) < 4.78 is 19.5. The zero-order valence-electron chi connectivity index (χ0n) is 13.1. The van der Waals surface area contributed by atoms with Gasteiger partial charge in [0.05, 0.1) is 0 Å². The maximum Gasteiger partial charge on any atom is 0.126 e. The molecule has 1 N–H and O–H groups in total. The van der Waals surface area contributed by atoms with Gasteiger partial charge in [0.1, 0.15) is 17.2 Å². The van der Waals surface area contributed by atoms with E-state index in [9.17, 15) is 4.39 Å². The van der Waals surface area contributed by atoms with Gasteiger partial charge in [-0.15, -0.1) is 0 Å². The van der Waals surface area contributed by atoms with Crippen LogP contribution >= 0.6 is 0 Å². The van der Waals surface area contributed by atoms with Crippen LogP contribution in [0.1, 0.15) is 52.0 Å². The number of aryl methyl sites for hydroxylation is 1. The fraction of sp³-hybridized carbons (Fsp3) is 0.647. The Morgan fingerprint density at radius 3 is 2.50 bits per heavy atom. The average molecular weight is 279 g/mol. The highest BCUT2D eigenvalue weighted by molar-refractivity contribution is 5.29. The van der Waals surface area contributed by atoms with E-state index in [4.69, 9.17) is 4.74 Å². The summed E-state index contributed by atoms with van der Waals surface area (Å²) in [6.45, 7) is 9.24. The molecule has 0 unspecified atom stereocenters. The van der Waals surface area contributed by atoms with Gasteiger partial charge in [0.15, 0.2) is 0 Å². The first-order chi connectivity index (χ1) is 9.30. The number of hydrogen-bond donors (Lipinski definition) is 1. The van der Waals surface area contributed by atoms with E-state index in [-0.39, 0.29) is 17.0 Å². The monoisotopic (exact) mass is 279 g/mol. The molecule has 20 heavy (non-hydrogen) atoms. The van der Waals surface area contributed by atoms with Crippen LogP contribution in [0.25, 0.3) is 0 Å². The molecule has 1 aliphatic rings. The number of hydrogen-bond acceptors (Lipinski definition) is 2. The van der Waals surface area contributed by atoms with Crippen LogP contribution in [0, 0.1) is 12.7 Å². The number of ether oxygens (including phenoxy) is 1. The summed E-state index contributed by atoms with van der Waals surface area (Å²) in [6.07, 6.45) is 4.40. The van der Waals surface area contributed by atoms with E-state index in [2.05, 4.69) is 26.1 Å². The minimum Gasteiger partial charge on any atom is -0.487 e. The molecule has 1 aromatic rings. The SMILES string of the molecule is Cc1cc(OC2(CCNC(C)(C)C)CCC2)ccc1F. The van der Waals surface area contributed by atoms with Crippen molar-refractivity contribution in [2.75, 3.05) is 6.54 Å². The van der Waals surface area contributed by atoms with Crippen molar-refractivity contribution >= 4 is 0 Å². The van der Waals surface area contributed by atoms with Gasteiger partial charge in [-0.2, -0.15) is 0 Å². The van der Waals surface area contributed by atoms with Crippen molar-refractivity contribution in [3.8, 4) is 5.75 Å². The topological polar surface area (TPSA) is 21.3 Å². The Morgan fingerprint density at radius 2 is 2.00 bits per heavy atom. The second-order valence-electron chi connectivity index (χ2n) is 6.98. The van der Waals surface area contributed by atoms with Crippen LogP contribution in [0.2, 0.25) is 0 Å². The molecular formula is C17H26FNO. The Morgan fingerprint density at radius 1 is 1.30 bits per heavy atom. The molecule has 1 aromatic carbocycles. The fourth-order valence-electron chi connectivity index (χ4n) is 2.57. The molecular weight excluding hydrogens is 253 g/mol. The summed E-state index contributed by atoms with van der Waals surface area (Å²) in [5, 5.41) is 3.51. The summed E-state index contributed by atoms with van der Waals surface area (Å²) in [5.41, 5.74) is 0.727. The molecule has 0 radical (unpaired) electrons. The van der Waals surface area contributed by atoms with E-state index in [1.807, 2.05) is 0 Å². The first-order valence-electron chi connectivity index (χ1n) is 7.50. The smallest absolute Gasteiger partial charge is 0.126 e. The second-order valence-corrected chi connectivity index (χ2v) is 6.98. The predicted octanol–water partition coefficient (Wildman–Crippen LogP) is 4.21. The van der Waals surface area contributed by atoms with Gasteiger partial charge >= 0.3 is 0 Å².